The number of hydrogen-bond acceptors (Lipinski definition) is 2. The first-order valence-corrected chi connectivity index (χ1v) is 5.81. The molecule has 0 saturated carbocycles. The standard InChI is InChI=1S/C12H20N2O2/c1-4-5-8-14-10(3)11(9(2)13-14)6-7-12(15)16/h4-8H2,1-3H3,(H,15,16). The van der Waals surface area contributed by atoms with Crippen LogP contribution >= 0.6 is 0 Å². The van der Waals surface area contributed by atoms with Gasteiger partial charge in [0.05, 0.1) is 5.69 Å². The molecule has 1 aromatic heterocycles. The van der Waals surface area contributed by atoms with Gasteiger partial charge in [0.2, 0.25) is 0 Å². The van der Waals surface area contributed by atoms with Crippen molar-refractivity contribution in [2.24, 2.45) is 0 Å². The Kier molecular flexibility index (Phi) is 4.52. The van der Waals surface area contributed by atoms with E-state index >= 15 is 0 Å². The minimum atomic E-state index is -0.750. The van der Waals surface area contributed by atoms with E-state index in [0.29, 0.717) is 6.42 Å². The van der Waals surface area contributed by atoms with E-state index in [9.17, 15) is 4.79 Å². The molecule has 16 heavy (non-hydrogen) atoms. The fourth-order valence-corrected chi connectivity index (χ4v) is 1.85. The molecule has 0 unspecified atom stereocenters. The Balaban J connectivity index is 2.76. The first kappa shape index (κ1) is 12.7. The van der Waals surface area contributed by atoms with E-state index in [2.05, 4.69) is 12.0 Å². The highest BCUT2D eigenvalue weighted by Gasteiger charge is 2.12. The van der Waals surface area contributed by atoms with Crippen molar-refractivity contribution < 1.29 is 9.90 Å². The van der Waals surface area contributed by atoms with Gasteiger partial charge in [-0.1, -0.05) is 13.3 Å². The molecule has 1 heterocycles. The molecule has 1 N–H and O–H groups in total. The lowest BCUT2D eigenvalue weighted by molar-refractivity contribution is -0.136. The maximum Gasteiger partial charge on any atom is 0.303 e. The van der Waals surface area contributed by atoms with Crippen LogP contribution in [0.3, 0.4) is 0 Å². The number of nitrogens with zero attached hydrogens (tertiary/aromatic N) is 2. The summed E-state index contributed by atoms with van der Waals surface area (Å²) in [6.45, 7) is 7.05. The summed E-state index contributed by atoms with van der Waals surface area (Å²) < 4.78 is 2.00. The van der Waals surface area contributed by atoms with Crippen molar-refractivity contribution in [3.8, 4) is 0 Å². The Labute approximate surface area is 96.3 Å². The van der Waals surface area contributed by atoms with Gasteiger partial charge in [0.15, 0.2) is 0 Å². The SMILES string of the molecule is CCCCn1nc(C)c(CCC(=O)O)c1C. The molecule has 4 nitrogen and oxygen atoms in total. The van der Waals surface area contributed by atoms with Crippen LogP contribution in [-0.2, 0) is 17.8 Å². The summed E-state index contributed by atoms with van der Waals surface area (Å²) in [4.78, 5) is 10.5. The molecule has 0 radical (unpaired) electrons. The third kappa shape index (κ3) is 3.08. The van der Waals surface area contributed by atoms with Crippen LogP contribution < -0.4 is 0 Å². The molecule has 0 bridgehead atoms. The van der Waals surface area contributed by atoms with Crippen LogP contribution in [0.15, 0.2) is 0 Å². The summed E-state index contributed by atoms with van der Waals surface area (Å²) in [5.41, 5.74) is 3.18. The fraction of sp³-hybridized carbons (Fsp3) is 0.667. The molecule has 0 fully saturated rings. The number of aliphatic carboxylic acids is 1. The minimum absolute atomic E-state index is 0.182. The van der Waals surface area contributed by atoms with E-state index in [1.54, 1.807) is 0 Å². The average Bonchev–Trinajstić information content (AvgIpc) is 2.48. The summed E-state index contributed by atoms with van der Waals surface area (Å²) in [5, 5.41) is 13.1. The molecule has 0 atom stereocenters. The molecule has 0 aliphatic heterocycles. The van der Waals surface area contributed by atoms with Gasteiger partial charge in [-0.2, -0.15) is 5.10 Å². The highest BCUT2D eigenvalue weighted by Crippen LogP contribution is 2.15. The normalized spacial score (nSPS) is 10.7. The van der Waals surface area contributed by atoms with Crippen molar-refractivity contribution in [2.75, 3.05) is 0 Å². The van der Waals surface area contributed by atoms with Crippen molar-refractivity contribution >= 4 is 5.97 Å². The molecule has 1 aromatic rings. The lowest BCUT2D eigenvalue weighted by Gasteiger charge is -2.03. The average molecular weight is 224 g/mol. The molecule has 0 saturated heterocycles. The second kappa shape index (κ2) is 5.68. The molecule has 0 aromatic carbocycles. The topological polar surface area (TPSA) is 55.1 Å². The van der Waals surface area contributed by atoms with Gasteiger partial charge in [-0.25, -0.2) is 0 Å². The van der Waals surface area contributed by atoms with Crippen LogP contribution in [0, 0.1) is 13.8 Å². The van der Waals surface area contributed by atoms with E-state index in [1.807, 2.05) is 18.5 Å². The summed E-state index contributed by atoms with van der Waals surface area (Å²) in [6, 6.07) is 0. The van der Waals surface area contributed by atoms with Gasteiger partial charge in [0.25, 0.3) is 0 Å². The van der Waals surface area contributed by atoms with Crippen LogP contribution in [0.25, 0.3) is 0 Å². The van der Waals surface area contributed by atoms with E-state index in [0.717, 1.165) is 36.3 Å². The van der Waals surface area contributed by atoms with E-state index in [4.69, 9.17) is 5.11 Å². The number of hydrogen-bond donors (Lipinski definition) is 1. The molecular formula is C12H20N2O2. The maximum absolute atomic E-state index is 10.5. The van der Waals surface area contributed by atoms with Gasteiger partial charge in [0, 0.05) is 18.7 Å². The van der Waals surface area contributed by atoms with Gasteiger partial charge in [-0.15, -0.1) is 0 Å². The third-order valence-electron chi connectivity index (χ3n) is 2.84. The number of carboxylic acid groups (broad SMARTS) is 1. The first-order valence-electron chi connectivity index (χ1n) is 5.81. The lowest BCUT2D eigenvalue weighted by Crippen LogP contribution is -2.03. The number of carbonyl (C=O) groups is 1. The monoisotopic (exact) mass is 224 g/mol. The van der Waals surface area contributed by atoms with Crippen molar-refractivity contribution in [3.63, 3.8) is 0 Å². The number of aryl methyl sites for hydroxylation is 2. The molecule has 0 aliphatic carbocycles. The predicted octanol–water partition coefficient (Wildman–Crippen LogP) is 2.32. The number of unbranched alkanes of at least 4 members (excludes halogenated alkanes) is 1. The quantitative estimate of drug-likeness (QED) is 0.806. The van der Waals surface area contributed by atoms with E-state index in [-0.39, 0.29) is 6.42 Å². The van der Waals surface area contributed by atoms with Crippen LogP contribution in [-0.4, -0.2) is 20.9 Å². The molecule has 0 amide bonds. The molecule has 0 aliphatic rings. The molecule has 90 valence electrons. The van der Waals surface area contributed by atoms with Crippen LogP contribution in [0.2, 0.25) is 0 Å². The molecule has 1 rings (SSSR count). The first-order chi connectivity index (χ1) is 7.56. The van der Waals surface area contributed by atoms with Crippen molar-refractivity contribution in [1.82, 2.24) is 9.78 Å². The number of carboxylic acids is 1. The Morgan fingerprint density at radius 2 is 2.12 bits per heavy atom. The smallest absolute Gasteiger partial charge is 0.303 e. The molecule has 0 spiro atoms. The molecule has 4 heteroatoms. The van der Waals surface area contributed by atoms with E-state index in [1.165, 1.54) is 0 Å². The van der Waals surface area contributed by atoms with Crippen LogP contribution in [0.5, 0.6) is 0 Å². The predicted molar refractivity (Wildman–Crippen MR) is 62.6 cm³/mol. The Bertz CT molecular complexity index is 369. The lowest BCUT2D eigenvalue weighted by atomic mass is 10.1. The van der Waals surface area contributed by atoms with Crippen LogP contribution in [0.4, 0.5) is 0 Å². The summed E-state index contributed by atoms with van der Waals surface area (Å²) >= 11 is 0. The van der Waals surface area contributed by atoms with Crippen molar-refractivity contribution in [2.45, 2.75) is 53.0 Å². The number of aromatic nitrogens is 2. The van der Waals surface area contributed by atoms with Crippen molar-refractivity contribution in [3.05, 3.63) is 17.0 Å². The summed E-state index contributed by atoms with van der Waals surface area (Å²) in [5.74, 6) is -0.750. The van der Waals surface area contributed by atoms with Gasteiger partial charge < -0.3 is 5.11 Å². The zero-order valence-electron chi connectivity index (χ0n) is 10.3. The number of rotatable bonds is 6. The summed E-state index contributed by atoms with van der Waals surface area (Å²) in [6.07, 6.45) is 3.02. The second-order valence-electron chi connectivity index (χ2n) is 4.12. The maximum atomic E-state index is 10.5. The van der Waals surface area contributed by atoms with Gasteiger partial charge >= 0.3 is 5.97 Å². The zero-order chi connectivity index (χ0) is 12.1. The highest BCUT2D eigenvalue weighted by atomic mass is 16.4. The third-order valence-corrected chi connectivity index (χ3v) is 2.84. The highest BCUT2D eigenvalue weighted by molar-refractivity contribution is 5.67. The van der Waals surface area contributed by atoms with Crippen molar-refractivity contribution in [1.29, 1.82) is 0 Å². The Morgan fingerprint density at radius 3 is 2.69 bits per heavy atom. The van der Waals surface area contributed by atoms with E-state index < -0.39 is 5.97 Å². The van der Waals surface area contributed by atoms with Crippen LogP contribution in [0.1, 0.15) is 43.1 Å². The molecular weight excluding hydrogens is 204 g/mol. The van der Waals surface area contributed by atoms with Gasteiger partial charge in [0.1, 0.15) is 0 Å². The Morgan fingerprint density at radius 1 is 1.44 bits per heavy atom. The largest absolute Gasteiger partial charge is 0.481 e. The minimum Gasteiger partial charge on any atom is -0.481 e. The zero-order valence-corrected chi connectivity index (χ0v) is 10.3. The van der Waals surface area contributed by atoms with Gasteiger partial charge in [-0.3, -0.25) is 9.48 Å². The Hall–Kier alpha value is -1.32. The van der Waals surface area contributed by atoms with Gasteiger partial charge in [-0.05, 0) is 32.3 Å². The summed E-state index contributed by atoms with van der Waals surface area (Å²) in [7, 11) is 0. The fourth-order valence-electron chi connectivity index (χ4n) is 1.85. The second-order valence-corrected chi connectivity index (χ2v) is 4.12.